The molecule has 8 heteroatoms. The van der Waals surface area contributed by atoms with Gasteiger partial charge in [0, 0.05) is 28.2 Å². The molecular weight excluding hydrogens is 464 g/mol. The summed E-state index contributed by atoms with van der Waals surface area (Å²) >= 11 is 0. The van der Waals surface area contributed by atoms with Crippen molar-refractivity contribution in [2.75, 3.05) is 40.5 Å². The Kier molecular flexibility index (Phi) is 9.08. The maximum absolute atomic E-state index is 11.4. The molecule has 0 aromatic heterocycles. The van der Waals surface area contributed by atoms with Crippen molar-refractivity contribution in [1.82, 2.24) is 0 Å². The van der Waals surface area contributed by atoms with Gasteiger partial charge in [-0.25, -0.2) is 10.7 Å². The Balaban J connectivity index is 0.00000242. The molecule has 0 amide bonds. The first kappa shape index (κ1) is 18.9. The van der Waals surface area contributed by atoms with Crippen LogP contribution in [0, 0.1) is 5.92 Å². The first-order valence-corrected chi connectivity index (χ1v) is 6.33. The van der Waals surface area contributed by atoms with E-state index in [9.17, 15) is 4.79 Å². The van der Waals surface area contributed by atoms with E-state index in [1.807, 2.05) is 0 Å². The van der Waals surface area contributed by atoms with Crippen molar-refractivity contribution < 1.29 is 54.3 Å². The van der Waals surface area contributed by atoms with Gasteiger partial charge in [0.1, 0.15) is 11.5 Å². The molecule has 1 aromatic rings. The molecule has 0 unspecified atom stereocenters. The van der Waals surface area contributed by atoms with E-state index in [-0.39, 0.29) is 34.7 Å². The molecule has 0 aliphatic carbocycles. The molecule has 1 aliphatic heterocycles. The van der Waals surface area contributed by atoms with Crippen LogP contribution in [0.3, 0.4) is 0 Å². The van der Waals surface area contributed by atoms with Gasteiger partial charge in [0.15, 0.2) is 13.6 Å². The maximum atomic E-state index is 11.4. The zero-order valence-corrected chi connectivity index (χ0v) is 15.0. The van der Waals surface area contributed by atoms with Crippen molar-refractivity contribution in [3.05, 3.63) is 30.2 Å². The fourth-order valence-corrected chi connectivity index (χ4v) is 1.46. The topological polar surface area (TPSA) is 72.5 Å². The summed E-state index contributed by atoms with van der Waals surface area (Å²) in [6, 6.07) is 6.50. The van der Waals surface area contributed by atoms with Crippen LogP contribution >= 0.6 is 0 Å². The van der Waals surface area contributed by atoms with Gasteiger partial charge in [0.25, 0.3) is 0 Å². The molecular formula is C14H17O7W-. The van der Waals surface area contributed by atoms with Gasteiger partial charge in [-0.1, -0.05) is 19.8 Å². The number of rotatable bonds is 8. The van der Waals surface area contributed by atoms with Crippen molar-refractivity contribution in [2.45, 2.75) is 0 Å². The van der Waals surface area contributed by atoms with Gasteiger partial charge in [-0.3, -0.25) is 0 Å². The Hall–Kier alpha value is -1.14. The molecule has 0 atom stereocenters. The fourth-order valence-electron chi connectivity index (χ4n) is 1.46. The Labute approximate surface area is 143 Å². The van der Waals surface area contributed by atoms with Crippen LogP contribution in [-0.4, -0.2) is 46.7 Å². The predicted molar refractivity (Wildman–Crippen MR) is 70.9 cm³/mol. The van der Waals surface area contributed by atoms with Gasteiger partial charge in [-0.2, -0.15) is 0 Å². The Morgan fingerprint density at radius 3 is 2.45 bits per heavy atom. The number of hydrogen-bond acceptors (Lipinski definition) is 7. The number of methoxy groups -OCH3 is 1. The van der Waals surface area contributed by atoms with Crippen LogP contribution in [0.15, 0.2) is 24.3 Å². The molecule has 0 saturated carbocycles. The van der Waals surface area contributed by atoms with E-state index in [2.05, 4.69) is 0 Å². The summed E-state index contributed by atoms with van der Waals surface area (Å²) in [7, 11) is 1.53. The van der Waals surface area contributed by atoms with E-state index >= 15 is 0 Å². The Morgan fingerprint density at radius 1 is 1.18 bits per heavy atom. The van der Waals surface area contributed by atoms with Crippen LogP contribution in [0.5, 0.6) is 11.5 Å². The molecule has 2 rings (SSSR count). The quantitative estimate of drug-likeness (QED) is 0.184. The zero-order chi connectivity index (χ0) is 14.9. The van der Waals surface area contributed by atoms with E-state index in [0.717, 1.165) is 5.92 Å². The molecule has 1 fully saturated rings. The third kappa shape index (κ3) is 6.75. The van der Waals surface area contributed by atoms with E-state index in [0.29, 0.717) is 31.3 Å². The molecule has 22 heavy (non-hydrogen) atoms. The van der Waals surface area contributed by atoms with Crippen molar-refractivity contribution in [3.63, 3.8) is 0 Å². The normalized spacial score (nSPS) is 13.7. The van der Waals surface area contributed by atoms with Crippen LogP contribution in [0.2, 0.25) is 0 Å². The molecule has 122 valence electrons. The molecule has 0 N–H and O–H groups in total. The minimum absolute atomic E-state index is 0. The van der Waals surface area contributed by atoms with Crippen LogP contribution in [0.1, 0.15) is 0 Å². The number of benzene rings is 1. The second-order valence-corrected chi connectivity index (χ2v) is 4.23. The van der Waals surface area contributed by atoms with Crippen molar-refractivity contribution >= 4 is 6.16 Å². The second-order valence-electron chi connectivity index (χ2n) is 4.23. The molecule has 0 spiro atoms. The van der Waals surface area contributed by atoms with Gasteiger partial charge in [-0.15, -0.1) is 0 Å². The summed E-state index contributed by atoms with van der Waals surface area (Å²) in [6.45, 7) is 1.66. The summed E-state index contributed by atoms with van der Waals surface area (Å²) in [5, 5.41) is 0. The minimum atomic E-state index is -0.824. The number of ether oxygens (including phenoxy) is 6. The van der Waals surface area contributed by atoms with E-state index in [1.54, 1.807) is 24.3 Å². The largest absolute Gasteiger partial charge is 0.515 e. The average Bonchev–Trinajstić information content (AvgIpc) is 2.44. The predicted octanol–water partition coefficient (Wildman–Crippen LogP) is 1.76. The summed E-state index contributed by atoms with van der Waals surface area (Å²) in [6.07, 6.45) is -0.824. The van der Waals surface area contributed by atoms with Crippen LogP contribution in [0.4, 0.5) is 4.79 Å². The molecule has 7 nitrogen and oxygen atoms in total. The van der Waals surface area contributed by atoms with Crippen molar-refractivity contribution in [1.29, 1.82) is 0 Å². The molecule has 1 saturated heterocycles. The SMILES string of the molecule is COCOc1ccc(OC(=O)OCOC[C-]2COC2)cc1.[W]. The monoisotopic (exact) mass is 481 g/mol. The third-order valence-electron chi connectivity index (χ3n) is 2.55. The smallest absolute Gasteiger partial charge is 0.468 e. The first-order chi connectivity index (χ1) is 10.3. The van der Waals surface area contributed by atoms with Gasteiger partial charge in [0.2, 0.25) is 0 Å². The third-order valence-corrected chi connectivity index (χ3v) is 2.55. The Morgan fingerprint density at radius 2 is 1.86 bits per heavy atom. The number of carbonyl (C=O) groups excluding carboxylic acids is 1. The molecule has 1 heterocycles. The van der Waals surface area contributed by atoms with E-state index < -0.39 is 6.16 Å². The summed E-state index contributed by atoms with van der Waals surface area (Å²) in [4.78, 5) is 11.4. The minimum Gasteiger partial charge on any atom is -0.468 e. The molecule has 0 radical (unpaired) electrons. The van der Waals surface area contributed by atoms with Gasteiger partial charge in [-0.05, 0) is 24.3 Å². The summed E-state index contributed by atoms with van der Waals surface area (Å²) < 4.78 is 29.8. The van der Waals surface area contributed by atoms with Crippen LogP contribution in [-0.2, 0) is 40.0 Å². The van der Waals surface area contributed by atoms with Crippen molar-refractivity contribution in [3.8, 4) is 11.5 Å². The second kappa shape index (κ2) is 10.6. The van der Waals surface area contributed by atoms with E-state index in [4.69, 9.17) is 28.4 Å². The average molecular weight is 481 g/mol. The first-order valence-electron chi connectivity index (χ1n) is 6.33. The van der Waals surface area contributed by atoms with Crippen LogP contribution < -0.4 is 9.47 Å². The zero-order valence-electron chi connectivity index (χ0n) is 12.1. The van der Waals surface area contributed by atoms with Gasteiger partial charge < -0.3 is 28.4 Å². The van der Waals surface area contributed by atoms with Crippen molar-refractivity contribution in [2.24, 2.45) is 0 Å². The van der Waals surface area contributed by atoms with Gasteiger partial charge >= 0.3 is 6.16 Å². The standard InChI is InChI=1S/C14H17O7.W/c1-16-9-19-12-2-4-13(5-3-12)21-14(15)20-10-18-8-11-6-17-7-11;/h2-5H,6-10H2,1H3;/q-1;. The summed E-state index contributed by atoms with van der Waals surface area (Å²) in [5.74, 6) is 2.10. The molecule has 1 aromatic carbocycles. The maximum Gasteiger partial charge on any atom is 0.515 e. The van der Waals surface area contributed by atoms with Gasteiger partial charge in [0.05, 0.1) is 0 Å². The number of carbonyl (C=O) groups is 1. The van der Waals surface area contributed by atoms with E-state index in [1.165, 1.54) is 7.11 Å². The molecule has 1 aliphatic rings. The molecule has 0 bridgehead atoms. The summed E-state index contributed by atoms with van der Waals surface area (Å²) in [5.41, 5.74) is 0. The number of hydrogen-bond donors (Lipinski definition) is 0. The fraction of sp³-hybridized carbons (Fsp3) is 0.429. The van der Waals surface area contributed by atoms with Crippen LogP contribution in [0.25, 0.3) is 0 Å². The Bertz CT molecular complexity index is 433.